The molecule has 1 fully saturated rings. The van der Waals surface area contributed by atoms with Crippen LogP contribution in [0.25, 0.3) is 0 Å². The molecular formula is C8H14O. The maximum atomic E-state index is 5.50. The molecule has 3 atom stereocenters. The third-order valence-electron chi connectivity index (χ3n) is 1.89. The summed E-state index contributed by atoms with van der Waals surface area (Å²) >= 11 is 0. The Bertz CT molecular complexity index is 109. The van der Waals surface area contributed by atoms with E-state index in [9.17, 15) is 0 Å². The van der Waals surface area contributed by atoms with Gasteiger partial charge >= 0.3 is 0 Å². The molecule has 0 aliphatic carbocycles. The predicted octanol–water partition coefficient (Wildman–Crippen LogP) is 1.99. The van der Waals surface area contributed by atoms with E-state index in [1.807, 2.05) is 6.08 Å². The third-order valence-corrected chi connectivity index (χ3v) is 1.89. The van der Waals surface area contributed by atoms with Crippen LogP contribution < -0.4 is 0 Å². The van der Waals surface area contributed by atoms with Crippen molar-refractivity contribution in [3.8, 4) is 0 Å². The van der Waals surface area contributed by atoms with E-state index in [1.54, 1.807) is 0 Å². The number of hydrogen-bond donors (Lipinski definition) is 0. The fraction of sp³-hybridized carbons (Fsp3) is 0.750. The van der Waals surface area contributed by atoms with Crippen LogP contribution in [0.5, 0.6) is 0 Å². The fourth-order valence-electron chi connectivity index (χ4n) is 1.40. The van der Waals surface area contributed by atoms with Crippen LogP contribution in [-0.4, -0.2) is 12.2 Å². The minimum absolute atomic E-state index is 0.306. The smallest absolute Gasteiger partial charge is 0.0783 e. The van der Waals surface area contributed by atoms with E-state index >= 15 is 0 Å². The molecule has 0 amide bonds. The van der Waals surface area contributed by atoms with Gasteiger partial charge in [0.1, 0.15) is 0 Å². The molecule has 1 aliphatic heterocycles. The number of ether oxygens (including phenoxy) is 1. The molecule has 9 heavy (non-hydrogen) atoms. The van der Waals surface area contributed by atoms with E-state index in [2.05, 4.69) is 20.4 Å². The van der Waals surface area contributed by atoms with E-state index in [0.717, 1.165) is 0 Å². The molecule has 0 aromatic heterocycles. The van der Waals surface area contributed by atoms with Gasteiger partial charge in [-0.3, -0.25) is 0 Å². The maximum absolute atomic E-state index is 5.50. The molecule has 0 saturated carbocycles. The molecule has 0 aromatic carbocycles. The SMILES string of the molecule is C=CC1OC(C)CC1C. The molecule has 1 nitrogen and oxygen atoms in total. The summed E-state index contributed by atoms with van der Waals surface area (Å²) in [6.07, 6.45) is 3.81. The highest BCUT2D eigenvalue weighted by atomic mass is 16.5. The second-order valence-corrected chi connectivity index (χ2v) is 2.86. The molecule has 0 bridgehead atoms. The number of hydrogen-bond acceptors (Lipinski definition) is 1. The molecule has 1 heteroatoms. The predicted molar refractivity (Wildman–Crippen MR) is 38.3 cm³/mol. The van der Waals surface area contributed by atoms with Gasteiger partial charge in [0.15, 0.2) is 0 Å². The zero-order chi connectivity index (χ0) is 6.85. The minimum Gasteiger partial charge on any atom is -0.371 e. The summed E-state index contributed by atoms with van der Waals surface area (Å²) in [5, 5.41) is 0. The molecule has 52 valence electrons. The van der Waals surface area contributed by atoms with Crippen molar-refractivity contribution in [3.63, 3.8) is 0 Å². The van der Waals surface area contributed by atoms with Crippen molar-refractivity contribution in [2.24, 2.45) is 5.92 Å². The summed E-state index contributed by atoms with van der Waals surface area (Å²) in [4.78, 5) is 0. The van der Waals surface area contributed by atoms with E-state index in [1.165, 1.54) is 6.42 Å². The quantitative estimate of drug-likeness (QED) is 0.488. The van der Waals surface area contributed by atoms with Gasteiger partial charge in [0.2, 0.25) is 0 Å². The summed E-state index contributed by atoms with van der Waals surface area (Å²) in [5.74, 6) is 0.664. The molecule has 1 rings (SSSR count). The highest BCUT2D eigenvalue weighted by Crippen LogP contribution is 2.25. The van der Waals surface area contributed by atoms with Gasteiger partial charge in [-0.05, 0) is 19.3 Å². The van der Waals surface area contributed by atoms with Crippen molar-refractivity contribution >= 4 is 0 Å². The number of rotatable bonds is 1. The van der Waals surface area contributed by atoms with Crippen LogP contribution in [0.4, 0.5) is 0 Å². The average Bonchev–Trinajstić information content (AvgIpc) is 2.10. The van der Waals surface area contributed by atoms with Crippen molar-refractivity contribution in [1.82, 2.24) is 0 Å². The first-order chi connectivity index (χ1) is 4.24. The average molecular weight is 126 g/mol. The Hall–Kier alpha value is -0.300. The Labute approximate surface area is 56.7 Å². The third kappa shape index (κ3) is 1.33. The van der Waals surface area contributed by atoms with Gasteiger partial charge < -0.3 is 4.74 Å². The van der Waals surface area contributed by atoms with Crippen LogP contribution in [0.15, 0.2) is 12.7 Å². The molecule has 1 saturated heterocycles. The maximum Gasteiger partial charge on any atom is 0.0783 e. The molecule has 0 aromatic rings. The van der Waals surface area contributed by atoms with E-state index < -0.39 is 0 Å². The molecule has 1 aliphatic rings. The largest absolute Gasteiger partial charge is 0.371 e. The Morgan fingerprint density at radius 3 is 2.44 bits per heavy atom. The van der Waals surface area contributed by atoms with Gasteiger partial charge in [0.05, 0.1) is 12.2 Å². The summed E-state index contributed by atoms with van der Waals surface area (Å²) in [6, 6.07) is 0. The first-order valence-corrected chi connectivity index (χ1v) is 3.52. The van der Waals surface area contributed by atoms with Crippen LogP contribution in [0, 0.1) is 5.92 Å². The van der Waals surface area contributed by atoms with Gasteiger partial charge in [0.25, 0.3) is 0 Å². The Morgan fingerprint density at radius 1 is 1.56 bits per heavy atom. The Balaban J connectivity index is 2.47. The summed E-state index contributed by atoms with van der Waals surface area (Å²) in [7, 11) is 0. The summed E-state index contributed by atoms with van der Waals surface area (Å²) in [5.41, 5.74) is 0. The van der Waals surface area contributed by atoms with Crippen molar-refractivity contribution < 1.29 is 4.74 Å². The zero-order valence-corrected chi connectivity index (χ0v) is 6.13. The summed E-state index contributed by atoms with van der Waals surface area (Å²) < 4.78 is 5.50. The fourth-order valence-corrected chi connectivity index (χ4v) is 1.40. The van der Waals surface area contributed by atoms with Gasteiger partial charge in [-0.1, -0.05) is 13.0 Å². The monoisotopic (exact) mass is 126 g/mol. The normalized spacial score (nSPS) is 43.1. The minimum atomic E-state index is 0.306. The topological polar surface area (TPSA) is 9.23 Å². The lowest BCUT2D eigenvalue weighted by Crippen LogP contribution is -2.08. The Morgan fingerprint density at radius 2 is 2.22 bits per heavy atom. The van der Waals surface area contributed by atoms with Crippen molar-refractivity contribution in [3.05, 3.63) is 12.7 Å². The first kappa shape index (κ1) is 6.81. The van der Waals surface area contributed by atoms with Crippen LogP contribution in [0.3, 0.4) is 0 Å². The summed E-state index contributed by atoms with van der Waals surface area (Å²) in [6.45, 7) is 8.02. The van der Waals surface area contributed by atoms with E-state index in [4.69, 9.17) is 4.74 Å². The Kier molecular flexibility index (Phi) is 1.91. The van der Waals surface area contributed by atoms with E-state index in [0.29, 0.717) is 18.1 Å². The van der Waals surface area contributed by atoms with Crippen LogP contribution >= 0.6 is 0 Å². The molecular weight excluding hydrogens is 112 g/mol. The van der Waals surface area contributed by atoms with Gasteiger partial charge in [-0.25, -0.2) is 0 Å². The molecule has 0 radical (unpaired) electrons. The lowest BCUT2D eigenvalue weighted by molar-refractivity contribution is 0.0756. The van der Waals surface area contributed by atoms with Crippen molar-refractivity contribution in [2.45, 2.75) is 32.5 Å². The second-order valence-electron chi connectivity index (χ2n) is 2.86. The molecule has 0 spiro atoms. The lowest BCUT2D eigenvalue weighted by atomic mass is 10.0. The van der Waals surface area contributed by atoms with Crippen LogP contribution in [0.1, 0.15) is 20.3 Å². The first-order valence-electron chi connectivity index (χ1n) is 3.52. The lowest BCUT2D eigenvalue weighted by Gasteiger charge is -2.07. The van der Waals surface area contributed by atoms with Crippen molar-refractivity contribution in [2.75, 3.05) is 0 Å². The van der Waals surface area contributed by atoms with Gasteiger partial charge in [-0.2, -0.15) is 0 Å². The van der Waals surface area contributed by atoms with E-state index in [-0.39, 0.29) is 0 Å². The highest BCUT2D eigenvalue weighted by Gasteiger charge is 2.26. The van der Waals surface area contributed by atoms with Gasteiger partial charge in [0, 0.05) is 0 Å². The zero-order valence-electron chi connectivity index (χ0n) is 6.13. The second kappa shape index (κ2) is 2.53. The molecule has 0 N–H and O–H groups in total. The molecule has 3 unspecified atom stereocenters. The standard InChI is InChI=1S/C8H14O/c1-4-8-6(2)5-7(3)9-8/h4,6-8H,1,5H2,2-3H3. The van der Waals surface area contributed by atoms with Crippen LogP contribution in [0.2, 0.25) is 0 Å². The van der Waals surface area contributed by atoms with Crippen molar-refractivity contribution in [1.29, 1.82) is 0 Å². The van der Waals surface area contributed by atoms with Crippen LogP contribution in [-0.2, 0) is 4.74 Å². The highest BCUT2D eigenvalue weighted by molar-refractivity contribution is 4.89. The molecule has 1 heterocycles. The van der Waals surface area contributed by atoms with Gasteiger partial charge in [-0.15, -0.1) is 6.58 Å².